The van der Waals surface area contributed by atoms with Crippen LogP contribution in [0.4, 0.5) is 5.69 Å². The molecule has 1 fully saturated rings. The summed E-state index contributed by atoms with van der Waals surface area (Å²) in [6, 6.07) is 6.73. The average molecular weight is 281 g/mol. The Morgan fingerprint density at radius 2 is 1.89 bits per heavy atom. The molecule has 1 aliphatic rings. The molecule has 3 heteroatoms. The molecular weight excluding hydrogens is 256 g/mol. The fourth-order valence-electron chi connectivity index (χ4n) is 2.68. The third kappa shape index (κ3) is 3.43. The second kappa shape index (κ2) is 6.15. The molecule has 2 rings (SSSR count). The highest BCUT2D eigenvalue weighted by atomic mass is 35.5. The monoisotopic (exact) mass is 280 g/mol. The smallest absolute Gasteiger partial charge is 0.0642 e. The first-order chi connectivity index (χ1) is 8.99. The van der Waals surface area contributed by atoms with Crippen LogP contribution in [0.15, 0.2) is 18.2 Å². The van der Waals surface area contributed by atoms with Crippen molar-refractivity contribution in [2.75, 3.05) is 18.0 Å². The van der Waals surface area contributed by atoms with E-state index in [1.165, 1.54) is 11.3 Å². The van der Waals surface area contributed by atoms with E-state index in [1.54, 1.807) is 0 Å². The van der Waals surface area contributed by atoms with Crippen molar-refractivity contribution in [2.24, 2.45) is 11.8 Å². The van der Waals surface area contributed by atoms with Gasteiger partial charge >= 0.3 is 0 Å². The lowest BCUT2D eigenvalue weighted by Crippen LogP contribution is -2.26. The van der Waals surface area contributed by atoms with Crippen LogP contribution in [0.5, 0.6) is 0 Å². The van der Waals surface area contributed by atoms with Gasteiger partial charge in [-0.1, -0.05) is 51.4 Å². The lowest BCUT2D eigenvalue weighted by Gasteiger charge is -2.24. The molecule has 2 nitrogen and oxygen atoms in total. The minimum Gasteiger partial charge on any atom is -0.370 e. The van der Waals surface area contributed by atoms with E-state index in [2.05, 4.69) is 44.0 Å². The fourth-order valence-corrected chi connectivity index (χ4v) is 3.00. The van der Waals surface area contributed by atoms with Gasteiger partial charge < -0.3 is 10.2 Å². The molecule has 0 spiro atoms. The Morgan fingerprint density at radius 3 is 2.47 bits per heavy atom. The Balaban J connectivity index is 2.23. The first-order valence-electron chi connectivity index (χ1n) is 7.24. The van der Waals surface area contributed by atoms with Crippen molar-refractivity contribution in [3.63, 3.8) is 0 Å². The Labute approximate surface area is 122 Å². The summed E-state index contributed by atoms with van der Waals surface area (Å²) >= 11 is 6.45. The molecule has 0 radical (unpaired) electrons. The SMILES string of the molecule is CC(C)NCc1cccc(Cl)c1N1CC(C)C(C)C1. The summed E-state index contributed by atoms with van der Waals surface area (Å²) < 4.78 is 0. The van der Waals surface area contributed by atoms with E-state index in [-0.39, 0.29) is 0 Å². The average Bonchev–Trinajstić information content (AvgIpc) is 2.66. The number of nitrogens with zero attached hydrogens (tertiary/aromatic N) is 1. The van der Waals surface area contributed by atoms with Crippen LogP contribution in [0.2, 0.25) is 5.02 Å². The van der Waals surface area contributed by atoms with Crippen molar-refractivity contribution in [1.29, 1.82) is 0 Å². The summed E-state index contributed by atoms with van der Waals surface area (Å²) in [5.41, 5.74) is 2.54. The molecule has 0 bridgehead atoms. The molecular formula is C16H25ClN2. The van der Waals surface area contributed by atoms with Crippen molar-refractivity contribution >= 4 is 17.3 Å². The van der Waals surface area contributed by atoms with Gasteiger partial charge in [-0.25, -0.2) is 0 Å². The van der Waals surface area contributed by atoms with Gasteiger partial charge in [0.2, 0.25) is 0 Å². The van der Waals surface area contributed by atoms with Crippen LogP contribution in [-0.2, 0) is 6.54 Å². The third-order valence-electron chi connectivity index (χ3n) is 4.08. The predicted octanol–water partition coefficient (Wildman–Crippen LogP) is 3.93. The molecule has 1 aliphatic heterocycles. The molecule has 2 atom stereocenters. The number of benzene rings is 1. The highest BCUT2D eigenvalue weighted by Gasteiger charge is 2.28. The third-order valence-corrected chi connectivity index (χ3v) is 4.38. The van der Waals surface area contributed by atoms with Gasteiger partial charge in [-0.15, -0.1) is 0 Å². The van der Waals surface area contributed by atoms with Gasteiger partial charge in [0, 0.05) is 25.7 Å². The van der Waals surface area contributed by atoms with Crippen molar-refractivity contribution in [1.82, 2.24) is 5.32 Å². The van der Waals surface area contributed by atoms with Crippen molar-refractivity contribution in [2.45, 2.75) is 40.3 Å². The molecule has 19 heavy (non-hydrogen) atoms. The van der Waals surface area contributed by atoms with Crippen molar-refractivity contribution < 1.29 is 0 Å². The zero-order chi connectivity index (χ0) is 14.0. The summed E-state index contributed by atoms with van der Waals surface area (Å²) in [4.78, 5) is 2.45. The van der Waals surface area contributed by atoms with Gasteiger partial charge in [0.15, 0.2) is 0 Å². The van der Waals surface area contributed by atoms with E-state index in [0.717, 1.165) is 36.5 Å². The minimum absolute atomic E-state index is 0.489. The molecule has 106 valence electrons. The summed E-state index contributed by atoms with van der Waals surface area (Å²) in [5, 5.41) is 4.37. The Bertz CT molecular complexity index is 421. The highest BCUT2D eigenvalue weighted by Crippen LogP contribution is 2.35. The van der Waals surface area contributed by atoms with E-state index in [9.17, 15) is 0 Å². The van der Waals surface area contributed by atoms with Gasteiger partial charge in [0.25, 0.3) is 0 Å². The maximum absolute atomic E-state index is 6.45. The first kappa shape index (κ1) is 14.7. The van der Waals surface area contributed by atoms with Gasteiger partial charge in [-0.2, -0.15) is 0 Å². The zero-order valence-corrected chi connectivity index (χ0v) is 13.2. The van der Waals surface area contributed by atoms with E-state index < -0.39 is 0 Å². The molecule has 0 aromatic heterocycles. The maximum Gasteiger partial charge on any atom is 0.0642 e. The van der Waals surface area contributed by atoms with Crippen LogP contribution in [0, 0.1) is 11.8 Å². The van der Waals surface area contributed by atoms with E-state index in [0.29, 0.717) is 6.04 Å². The van der Waals surface area contributed by atoms with Crippen LogP contribution < -0.4 is 10.2 Å². The lowest BCUT2D eigenvalue weighted by atomic mass is 10.0. The summed E-state index contributed by atoms with van der Waals surface area (Å²) in [7, 11) is 0. The molecule has 1 aromatic rings. The number of anilines is 1. The van der Waals surface area contributed by atoms with Crippen LogP contribution in [0.3, 0.4) is 0 Å². The zero-order valence-electron chi connectivity index (χ0n) is 12.4. The van der Waals surface area contributed by atoms with E-state index in [4.69, 9.17) is 11.6 Å². The highest BCUT2D eigenvalue weighted by molar-refractivity contribution is 6.33. The molecule has 1 aromatic carbocycles. The minimum atomic E-state index is 0.489. The quantitative estimate of drug-likeness (QED) is 0.899. The Morgan fingerprint density at radius 1 is 1.26 bits per heavy atom. The van der Waals surface area contributed by atoms with Crippen LogP contribution in [0.25, 0.3) is 0 Å². The number of nitrogens with one attached hydrogen (secondary N) is 1. The van der Waals surface area contributed by atoms with Gasteiger partial charge in [0.1, 0.15) is 0 Å². The van der Waals surface area contributed by atoms with E-state index >= 15 is 0 Å². The number of halogens is 1. The largest absolute Gasteiger partial charge is 0.370 e. The fraction of sp³-hybridized carbons (Fsp3) is 0.625. The number of para-hydroxylation sites is 1. The molecule has 0 saturated carbocycles. The van der Waals surface area contributed by atoms with Crippen LogP contribution in [0.1, 0.15) is 33.3 Å². The molecule has 1 N–H and O–H groups in total. The predicted molar refractivity (Wildman–Crippen MR) is 84.0 cm³/mol. The van der Waals surface area contributed by atoms with Gasteiger partial charge in [0.05, 0.1) is 10.7 Å². The number of rotatable bonds is 4. The van der Waals surface area contributed by atoms with Gasteiger partial charge in [-0.05, 0) is 23.5 Å². The second-order valence-corrected chi connectivity index (χ2v) is 6.55. The topological polar surface area (TPSA) is 15.3 Å². The summed E-state index contributed by atoms with van der Waals surface area (Å²) in [6.45, 7) is 12.1. The molecule has 0 aliphatic carbocycles. The van der Waals surface area contributed by atoms with Gasteiger partial charge in [-0.3, -0.25) is 0 Å². The lowest BCUT2D eigenvalue weighted by molar-refractivity contribution is 0.494. The van der Waals surface area contributed by atoms with Crippen molar-refractivity contribution in [3.05, 3.63) is 28.8 Å². The van der Waals surface area contributed by atoms with Crippen LogP contribution >= 0.6 is 11.6 Å². The molecule has 2 unspecified atom stereocenters. The second-order valence-electron chi connectivity index (χ2n) is 6.14. The first-order valence-corrected chi connectivity index (χ1v) is 7.62. The standard InChI is InChI=1S/C16H25ClN2/c1-11(2)18-8-14-6-5-7-15(17)16(14)19-9-12(3)13(4)10-19/h5-7,11-13,18H,8-10H2,1-4H3. The molecule has 0 amide bonds. The number of hydrogen-bond donors (Lipinski definition) is 1. The Kier molecular flexibility index (Phi) is 4.75. The molecule has 1 heterocycles. The van der Waals surface area contributed by atoms with Crippen molar-refractivity contribution in [3.8, 4) is 0 Å². The van der Waals surface area contributed by atoms with Crippen LogP contribution in [-0.4, -0.2) is 19.1 Å². The molecule has 1 saturated heterocycles. The normalized spacial score (nSPS) is 23.4. The maximum atomic E-state index is 6.45. The van der Waals surface area contributed by atoms with E-state index in [1.807, 2.05) is 12.1 Å². The summed E-state index contributed by atoms with van der Waals surface area (Å²) in [6.07, 6.45) is 0. The number of hydrogen-bond acceptors (Lipinski definition) is 2. The Hall–Kier alpha value is -0.730. The summed E-state index contributed by atoms with van der Waals surface area (Å²) in [5.74, 6) is 1.48.